The van der Waals surface area contributed by atoms with Crippen molar-refractivity contribution in [1.82, 2.24) is 4.90 Å². The average molecular weight is 427 g/mol. The summed E-state index contributed by atoms with van der Waals surface area (Å²) in [6.07, 6.45) is 0.792. The maximum absolute atomic E-state index is 14.0. The van der Waals surface area contributed by atoms with Gasteiger partial charge in [0.15, 0.2) is 0 Å². The van der Waals surface area contributed by atoms with Gasteiger partial charge in [-0.25, -0.2) is 4.39 Å². The second-order valence-electron chi connectivity index (χ2n) is 7.11. The Balaban J connectivity index is 0.00000320. The van der Waals surface area contributed by atoms with Crippen molar-refractivity contribution in [3.63, 3.8) is 0 Å². The molecule has 0 aromatic heterocycles. The molecule has 158 valence electrons. The van der Waals surface area contributed by atoms with Crippen LogP contribution in [-0.4, -0.2) is 41.8 Å². The fraction of sp³-hybridized carbons (Fsp3) is 0.217. The molecule has 2 N–H and O–H groups in total. The Morgan fingerprint density at radius 3 is 2.10 bits per heavy atom. The van der Waals surface area contributed by atoms with Gasteiger partial charge in [0.1, 0.15) is 18.2 Å². The van der Waals surface area contributed by atoms with Gasteiger partial charge in [-0.05, 0) is 30.7 Å². The van der Waals surface area contributed by atoms with Crippen LogP contribution in [0.15, 0.2) is 78.9 Å². The maximum atomic E-state index is 14.0. The zero-order chi connectivity index (χ0) is 20.6. The molecule has 0 radical (unpaired) electrons. The van der Waals surface area contributed by atoms with Crippen molar-refractivity contribution in [2.45, 2.75) is 19.0 Å². The standard InChI is InChI=1S/C23H25BFNO3.H2S/c1-26(16-19-10-6-3-7-11-19)20(14-18-8-4-2-5-9-18)17-29-21-12-13-22(24(27)28)23(25)15-21;/h2-13,15,20,27-28H,14,16-17H2,1H3;1H2/t20-;/m0./s1. The summed E-state index contributed by atoms with van der Waals surface area (Å²) in [4.78, 5) is 2.23. The Kier molecular flexibility index (Phi) is 9.39. The first-order chi connectivity index (χ1) is 14.0. The fourth-order valence-electron chi connectivity index (χ4n) is 3.23. The maximum Gasteiger partial charge on any atom is 0.491 e. The Hall–Kier alpha value is -2.32. The van der Waals surface area contributed by atoms with Gasteiger partial charge in [0.05, 0.1) is 0 Å². The number of hydrogen-bond acceptors (Lipinski definition) is 4. The minimum absolute atomic E-state index is 0. The van der Waals surface area contributed by atoms with E-state index >= 15 is 0 Å². The van der Waals surface area contributed by atoms with E-state index in [1.54, 1.807) is 6.07 Å². The number of nitrogens with zero attached hydrogens (tertiary/aromatic N) is 1. The lowest BCUT2D eigenvalue weighted by atomic mass is 9.80. The van der Waals surface area contributed by atoms with E-state index in [1.165, 1.54) is 23.3 Å². The van der Waals surface area contributed by atoms with Crippen molar-refractivity contribution in [2.24, 2.45) is 0 Å². The minimum Gasteiger partial charge on any atom is -0.492 e. The predicted molar refractivity (Wildman–Crippen MR) is 124 cm³/mol. The first-order valence-electron chi connectivity index (χ1n) is 9.59. The van der Waals surface area contributed by atoms with Crippen LogP contribution in [0.5, 0.6) is 5.75 Å². The summed E-state index contributed by atoms with van der Waals surface area (Å²) in [6.45, 7) is 1.14. The molecule has 3 aromatic carbocycles. The molecule has 0 aliphatic carbocycles. The molecule has 1 atom stereocenters. The fourth-order valence-corrected chi connectivity index (χ4v) is 3.23. The van der Waals surface area contributed by atoms with Crippen LogP contribution in [0.3, 0.4) is 0 Å². The van der Waals surface area contributed by atoms with Gasteiger partial charge in [-0.1, -0.05) is 66.7 Å². The van der Waals surface area contributed by atoms with Gasteiger partial charge in [-0.15, -0.1) is 0 Å². The van der Waals surface area contributed by atoms with Gasteiger partial charge < -0.3 is 14.8 Å². The lowest BCUT2D eigenvalue weighted by Gasteiger charge is -2.28. The van der Waals surface area contributed by atoms with E-state index in [-0.39, 0.29) is 25.0 Å². The van der Waals surface area contributed by atoms with Crippen LogP contribution >= 0.6 is 13.5 Å². The summed E-state index contributed by atoms with van der Waals surface area (Å²) in [5.74, 6) is -0.340. The molecule has 0 heterocycles. The Bertz CT molecular complexity index is 899. The quantitative estimate of drug-likeness (QED) is 0.516. The first kappa shape index (κ1) is 24.0. The molecule has 0 saturated carbocycles. The van der Waals surface area contributed by atoms with Gasteiger partial charge in [0.25, 0.3) is 0 Å². The molecule has 7 heteroatoms. The third-order valence-electron chi connectivity index (χ3n) is 4.90. The van der Waals surface area contributed by atoms with E-state index in [0.717, 1.165) is 13.0 Å². The molecule has 0 aliphatic heterocycles. The van der Waals surface area contributed by atoms with Gasteiger partial charge in [-0.2, -0.15) is 13.5 Å². The molecule has 0 amide bonds. The number of likely N-dealkylation sites (N-methyl/N-ethyl adjacent to an activating group) is 1. The highest BCUT2D eigenvalue weighted by atomic mass is 32.1. The Morgan fingerprint density at radius 1 is 0.933 bits per heavy atom. The van der Waals surface area contributed by atoms with Crippen molar-refractivity contribution >= 4 is 26.1 Å². The third kappa shape index (κ3) is 6.88. The highest BCUT2D eigenvalue weighted by molar-refractivity contribution is 7.59. The summed E-state index contributed by atoms with van der Waals surface area (Å²) in [5.41, 5.74) is 2.24. The zero-order valence-corrected chi connectivity index (χ0v) is 17.9. The third-order valence-corrected chi connectivity index (χ3v) is 4.90. The van der Waals surface area contributed by atoms with Crippen molar-refractivity contribution < 1.29 is 19.2 Å². The second-order valence-corrected chi connectivity index (χ2v) is 7.11. The summed E-state index contributed by atoms with van der Waals surface area (Å²) in [5, 5.41) is 18.3. The highest BCUT2D eigenvalue weighted by Crippen LogP contribution is 2.16. The van der Waals surface area contributed by atoms with E-state index in [0.29, 0.717) is 12.4 Å². The Morgan fingerprint density at radius 2 is 1.53 bits per heavy atom. The highest BCUT2D eigenvalue weighted by Gasteiger charge is 2.19. The summed E-state index contributed by atoms with van der Waals surface area (Å²) in [6, 6.07) is 24.5. The molecule has 0 aliphatic rings. The summed E-state index contributed by atoms with van der Waals surface area (Å²) < 4.78 is 19.9. The van der Waals surface area contributed by atoms with Crippen LogP contribution in [0.25, 0.3) is 0 Å². The van der Waals surface area contributed by atoms with Gasteiger partial charge in [0, 0.05) is 24.1 Å². The molecule has 3 rings (SSSR count). The van der Waals surface area contributed by atoms with E-state index < -0.39 is 12.9 Å². The number of halogens is 1. The van der Waals surface area contributed by atoms with Crippen LogP contribution in [0.2, 0.25) is 0 Å². The largest absolute Gasteiger partial charge is 0.492 e. The predicted octanol–water partition coefficient (Wildman–Crippen LogP) is 2.74. The number of ether oxygens (including phenoxy) is 1. The van der Waals surface area contributed by atoms with Crippen molar-refractivity contribution in [3.8, 4) is 5.75 Å². The number of benzene rings is 3. The molecule has 0 spiro atoms. The molecular weight excluding hydrogens is 400 g/mol. The summed E-state index contributed by atoms with van der Waals surface area (Å²) in [7, 11) is 0.211. The van der Waals surface area contributed by atoms with Gasteiger partial charge >= 0.3 is 7.12 Å². The first-order valence-corrected chi connectivity index (χ1v) is 9.59. The van der Waals surface area contributed by atoms with Gasteiger partial charge in [-0.3, -0.25) is 4.90 Å². The van der Waals surface area contributed by atoms with Crippen LogP contribution in [0, 0.1) is 5.82 Å². The minimum atomic E-state index is -1.84. The van der Waals surface area contributed by atoms with Crippen molar-refractivity contribution in [2.75, 3.05) is 13.7 Å². The van der Waals surface area contributed by atoms with E-state index in [4.69, 9.17) is 14.8 Å². The molecule has 4 nitrogen and oxygen atoms in total. The lowest BCUT2D eigenvalue weighted by molar-refractivity contribution is 0.154. The summed E-state index contributed by atoms with van der Waals surface area (Å²) >= 11 is 0. The molecule has 0 fully saturated rings. The van der Waals surface area contributed by atoms with E-state index in [1.807, 2.05) is 36.4 Å². The molecule has 0 unspecified atom stereocenters. The smallest absolute Gasteiger partial charge is 0.491 e. The monoisotopic (exact) mass is 427 g/mol. The normalized spacial score (nSPS) is 11.6. The molecule has 3 aromatic rings. The number of rotatable bonds is 9. The zero-order valence-electron chi connectivity index (χ0n) is 16.9. The van der Waals surface area contributed by atoms with Crippen LogP contribution in [0.4, 0.5) is 4.39 Å². The average Bonchev–Trinajstić information content (AvgIpc) is 2.72. The van der Waals surface area contributed by atoms with E-state index in [2.05, 4.69) is 36.2 Å². The molecular formula is C23H27BFNO3S. The SMILES string of the molecule is CN(Cc1ccccc1)[C@H](COc1ccc(B(O)O)c(F)c1)Cc1ccccc1.S. The second kappa shape index (κ2) is 11.8. The molecule has 30 heavy (non-hydrogen) atoms. The molecule has 0 saturated heterocycles. The van der Waals surface area contributed by atoms with Crippen LogP contribution < -0.4 is 10.2 Å². The topological polar surface area (TPSA) is 52.9 Å². The number of hydrogen-bond donors (Lipinski definition) is 2. The Labute approximate surface area is 184 Å². The van der Waals surface area contributed by atoms with E-state index in [9.17, 15) is 4.39 Å². The lowest BCUT2D eigenvalue weighted by Crippen LogP contribution is -2.38. The molecule has 0 bridgehead atoms. The van der Waals surface area contributed by atoms with Crippen molar-refractivity contribution in [1.29, 1.82) is 0 Å². The van der Waals surface area contributed by atoms with Crippen LogP contribution in [0.1, 0.15) is 11.1 Å². The van der Waals surface area contributed by atoms with Crippen molar-refractivity contribution in [3.05, 3.63) is 95.8 Å². The van der Waals surface area contributed by atoms with Gasteiger partial charge in [0.2, 0.25) is 0 Å². The van der Waals surface area contributed by atoms with Crippen LogP contribution in [-0.2, 0) is 13.0 Å².